The molecule has 0 aliphatic rings. The summed E-state index contributed by atoms with van der Waals surface area (Å²) in [6, 6.07) is 1.54. The average Bonchev–Trinajstić information content (AvgIpc) is 2.88. The van der Waals surface area contributed by atoms with Gasteiger partial charge < -0.3 is 9.84 Å². The summed E-state index contributed by atoms with van der Waals surface area (Å²) < 4.78 is 30.1. The predicted molar refractivity (Wildman–Crippen MR) is 67.3 cm³/mol. The summed E-state index contributed by atoms with van der Waals surface area (Å²) in [6.45, 7) is 0. The molecule has 1 heterocycles. The van der Waals surface area contributed by atoms with Gasteiger partial charge in [0.25, 0.3) is 10.0 Å². The van der Waals surface area contributed by atoms with E-state index in [1.165, 1.54) is 13.2 Å². The molecule has 1 aromatic rings. The largest absolute Gasteiger partial charge is 0.480 e. The zero-order valence-electron chi connectivity index (χ0n) is 10.0. The first-order valence-corrected chi connectivity index (χ1v) is 7.58. The van der Waals surface area contributed by atoms with Gasteiger partial charge in [0.05, 0.1) is 7.11 Å². The zero-order chi connectivity index (χ0) is 14.5. The van der Waals surface area contributed by atoms with Gasteiger partial charge in [-0.15, -0.1) is 11.3 Å². The van der Waals surface area contributed by atoms with Crippen LogP contribution in [-0.4, -0.2) is 38.6 Å². The summed E-state index contributed by atoms with van der Waals surface area (Å²) in [4.78, 5) is 21.9. The van der Waals surface area contributed by atoms with Crippen LogP contribution in [0.25, 0.3) is 0 Å². The van der Waals surface area contributed by atoms with Gasteiger partial charge in [-0.2, -0.15) is 4.72 Å². The number of aliphatic carboxylic acids is 1. The lowest BCUT2D eigenvalue weighted by molar-refractivity contribution is -0.142. The molecule has 7 nitrogen and oxygen atoms in total. The highest BCUT2D eigenvalue weighted by molar-refractivity contribution is 7.91. The number of esters is 1. The molecule has 0 aliphatic heterocycles. The fraction of sp³-hybridized carbons (Fsp3) is 0.400. The topological polar surface area (TPSA) is 110 Å². The van der Waals surface area contributed by atoms with Crippen molar-refractivity contribution in [2.45, 2.75) is 23.1 Å². The van der Waals surface area contributed by atoms with Crippen LogP contribution in [0.3, 0.4) is 0 Å². The van der Waals surface area contributed by atoms with Crippen LogP contribution >= 0.6 is 11.3 Å². The van der Waals surface area contributed by atoms with E-state index in [-0.39, 0.29) is 17.1 Å². The zero-order valence-corrected chi connectivity index (χ0v) is 11.7. The monoisotopic (exact) mass is 307 g/mol. The number of carboxylic acid groups (broad SMARTS) is 1. The maximum absolute atomic E-state index is 11.8. The van der Waals surface area contributed by atoms with Crippen LogP contribution in [0.5, 0.6) is 0 Å². The van der Waals surface area contributed by atoms with Crippen LogP contribution in [0, 0.1) is 0 Å². The minimum atomic E-state index is -3.88. The van der Waals surface area contributed by atoms with E-state index in [1.54, 1.807) is 11.4 Å². The van der Waals surface area contributed by atoms with E-state index in [4.69, 9.17) is 5.11 Å². The van der Waals surface area contributed by atoms with Gasteiger partial charge in [0.2, 0.25) is 0 Å². The molecular formula is C10H13NO6S2. The van der Waals surface area contributed by atoms with Crippen molar-refractivity contribution >= 4 is 33.3 Å². The molecule has 0 spiro atoms. The number of rotatable bonds is 7. The van der Waals surface area contributed by atoms with Gasteiger partial charge in [-0.3, -0.25) is 9.59 Å². The molecule has 106 valence electrons. The van der Waals surface area contributed by atoms with Crippen LogP contribution in [0.2, 0.25) is 0 Å². The van der Waals surface area contributed by atoms with Crippen molar-refractivity contribution in [1.82, 2.24) is 4.72 Å². The Bertz CT molecular complexity index is 536. The summed E-state index contributed by atoms with van der Waals surface area (Å²) in [5.74, 6) is -1.94. The fourth-order valence-corrected chi connectivity index (χ4v) is 3.49. The minimum Gasteiger partial charge on any atom is -0.480 e. The summed E-state index contributed by atoms with van der Waals surface area (Å²) in [7, 11) is -2.71. The number of carbonyl (C=O) groups is 2. The Labute approximate surface area is 114 Å². The summed E-state index contributed by atoms with van der Waals surface area (Å²) in [5, 5.41) is 10.5. The Morgan fingerprint density at radius 3 is 2.68 bits per heavy atom. The van der Waals surface area contributed by atoms with Gasteiger partial charge in [0.1, 0.15) is 10.3 Å². The lowest BCUT2D eigenvalue weighted by Gasteiger charge is -2.13. The minimum absolute atomic E-state index is 0.0248. The number of ether oxygens (including phenoxy) is 1. The standard InChI is InChI=1S/C10H13NO6S2/c1-17-8(12)5-4-7(10(13)14)11-19(15,16)9-3-2-6-18-9/h2-3,6-7,11H,4-5H2,1H3,(H,13,14). The predicted octanol–water partition coefficient (Wildman–Crippen LogP) is 0.433. The third-order valence-electron chi connectivity index (χ3n) is 2.22. The number of carboxylic acids is 1. The summed E-state index contributed by atoms with van der Waals surface area (Å²) in [5.41, 5.74) is 0. The first kappa shape index (κ1) is 15.6. The van der Waals surface area contributed by atoms with Crippen LogP contribution in [0.15, 0.2) is 21.7 Å². The molecule has 1 rings (SSSR count). The van der Waals surface area contributed by atoms with Crippen molar-refractivity contribution in [3.8, 4) is 0 Å². The highest BCUT2D eigenvalue weighted by atomic mass is 32.2. The molecule has 9 heteroatoms. The molecule has 1 unspecified atom stereocenters. The first-order chi connectivity index (χ1) is 8.86. The van der Waals surface area contributed by atoms with E-state index in [1.807, 2.05) is 4.72 Å². The van der Waals surface area contributed by atoms with Crippen molar-refractivity contribution in [3.05, 3.63) is 17.5 Å². The van der Waals surface area contributed by atoms with Gasteiger partial charge in [0, 0.05) is 6.42 Å². The lowest BCUT2D eigenvalue weighted by Crippen LogP contribution is -2.40. The molecule has 0 aliphatic carbocycles. The Morgan fingerprint density at radius 1 is 1.53 bits per heavy atom. The Balaban J connectivity index is 2.74. The Hall–Kier alpha value is -1.45. The number of hydrogen-bond acceptors (Lipinski definition) is 6. The quantitative estimate of drug-likeness (QED) is 0.707. The molecule has 0 amide bonds. The van der Waals surface area contributed by atoms with Crippen molar-refractivity contribution in [2.24, 2.45) is 0 Å². The smallest absolute Gasteiger partial charge is 0.321 e. The van der Waals surface area contributed by atoms with Gasteiger partial charge in [-0.25, -0.2) is 8.42 Å². The van der Waals surface area contributed by atoms with Gasteiger partial charge in [0.15, 0.2) is 0 Å². The molecule has 2 N–H and O–H groups in total. The third kappa shape index (κ3) is 4.62. The normalized spacial score (nSPS) is 12.9. The molecule has 1 atom stereocenters. The van der Waals surface area contributed by atoms with E-state index in [0.717, 1.165) is 11.3 Å². The second-order valence-electron chi connectivity index (χ2n) is 3.56. The first-order valence-electron chi connectivity index (χ1n) is 5.22. The maximum atomic E-state index is 11.8. The molecular weight excluding hydrogens is 294 g/mol. The van der Waals surface area contributed by atoms with Gasteiger partial charge in [-0.1, -0.05) is 6.07 Å². The van der Waals surface area contributed by atoms with E-state index in [2.05, 4.69) is 4.74 Å². The number of nitrogens with one attached hydrogen (secondary N) is 1. The Kier molecular flexibility index (Phi) is 5.45. The second-order valence-corrected chi connectivity index (χ2v) is 6.45. The molecule has 1 aromatic heterocycles. The lowest BCUT2D eigenvalue weighted by atomic mass is 10.2. The van der Waals surface area contributed by atoms with Crippen LogP contribution in [-0.2, 0) is 24.3 Å². The third-order valence-corrected chi connectivity index (χ3v) is 5.09. The maximum Gasteiger partial charge on any atom is 0.321 e. The molecule has 0 saturated heterocycles. The van der Waals surface area contributed by atoms with Crippen molar-refractivity contribution in [2.75, 3.05) is 7.11 Å². The average molecular weight is 307 g/mol. The van der Waals surface area contributed by atoms with Crippen LogP contribution < -0.4 is 4.72 Å². The second kappa shape index (κ2) is 6.64. The number of hydrogen-bond donors (Lipinski definition) is 2. The van der Waals surface area contributed by atoms with Gasteiger partial charge >= 0.3 is 11.9 Å². The molecule has 19 heavy (non-hydrogen) atoms. The molecule has 0 fully saturated rings. The van der Waals surface area contributed by atoms with Crippen molar-refractivity contribution in [1.29, 1.82) is 0 Å². The van der Waals surface area contributed by atoms with E-state index in [0.29, 0.717) is 0 Å². The van der Waals surface area contributed by atoms with Crippen molar-refractivity contribution in [3.63, 3.8) is 0 Å². The number of sulfonamides is 1. The highest BCUT2D eigenvalue weighted by Crippen LogP contribution is 2.16. The number of thiophene rings is 1. The summed E-state index contributed by atoms with van der Waals surface area (Å²) >= 11 is 0.977. The molecule has 0 radical (unpaired) electrons. The van der Waals surface area contributed by atoms with E-state index in [9.17, 15) is 18.0 Å². The van der Waals surface area contributed by atoms with Crippen molar-refractivity contribution < 1.29 is 27.9 Å². The van der Waals surface area contributed by atoms with E-state index < -0.39 is 28.0 Å². The molecule has 0 saturated carbocycles. The summed E-state index contributed by atoms with van der Waals surface area (Å²) in [6.07, 6.45) is -0.354. The molecule has 0 bridgehead atoms. The SMILES string of the molecule is COC(=O)CCC(NS(=O)(=O)c1cccs1)C(=O)O. The highest BCUT2D eigenvalue weighted by Gasteiger charge is 2.26. The van der Waals surface area contributed by atoms with E-state index >= 15 is 0 Å². The fourth-order valence-electron chi connectivity index (χ4n) is 1.26. The number of methoxy groups -OCH3 is 1. The van der Waals surface area contributed by atoms with Gasteiger partial charge in [-0.05, 0) is 17.9 Å². The molecule has 0 aromatic carbocycles. The van der Waals surface area contributed by atoms with Crippen LogP contribution in [0.1, 0.15) is 12.8 Å². The Morgan fingerprint density at radius 2 is 2.21 bits per heavy atom. The van der Waals surface area contributed by atoms with Crippen LogP contribution in [0.4, 0.5) is 0 Å². The number of carbonyl (C=O) groups excluding carboxylic acids is 1.